The molecule has 10 atom stereocenters. The zero-order valence-electron chi connectivity index (χ0n) is 39.6. The van der Waals surface area contributed by atoms with Crippen LogP contribution in [-0.4, -0.2) is 137 Å². The third-order valence-corrected chi connectivity index (χ3v) is 11.3. The molecule has 0 radical (unpaired) electrons. The number of esters is 3. The first kappa shape index (κ1) is 55.7. The predicted molar refractivity (Wildman–Crippen MR) is 247 cm³/mol. The molecule has 376 valence electrons. The molecule has 2 aliphatic heterocycles. The minimum absolute atomic E-state index is 0.175. The molecular formula is C49H73ClN2O15. The Kier molecular flexibility index (Phi) is 26.6. The van der Waals surface area contributed by atoms with E-state index in [4.69, 9.17) is 69.4 Å². The standard InChI is InChI=1S/C49H73ClN2O15/c1-5-8-26-57-41-37(32-61-34(4)53)64-47(40(51)43(41)58-27-9-6-2)67-42-38(33-62-39(54)30-50)65-48(45(44(42)59-28-10-7-3)66-46(55)36-23-17-14-18-24-36)60-29-20-12-11-19-25-52-49(56)63-31-35-21-15-13-16-22-35/h13-18,21-24,37-38,40-45,47-48H,5-12,19-20,25-33,51H2,1-4H3,(H,52,56). The third-order valence-electron chi connectivity index (χ3n) is 11.1. The van der Waals surface area contributed by atoms with Crippen molar-refractivity contribution in [2.75, 3.05) is 52.1 Å². The third kappa shape index (κ3) is 19.5. The lowest BCUT2D eigenvalue weighted by atomic mass is 9.95. The highest BCUT2D eigenvalue weighted by molar-refractivity contribution is 6.26. The van der Waals surface area contributed by atoms with Crippen molar-refractivity contribution in [3.63, 3.8) is 0 Å². The van der Waals surface area contributed by atoms with Gasteiger partial charge in [-0.25, -0.2) is 9.59 Å². The van der Waals surface area contributed by atoms with Crippen molar-refractivity contribution < 1.29 is 71.3 Å². The summed E-state index contributed by atoms with van der Waals surface area (Å²) in [6, 6.07) is 17.0. The molecule has 2 aromatic rings. The first-order chi connectivity index (χ1) is 32.6. The number of nitrogens with one attached hydrogen (secondary N) is 1. The molecule has 2 aromatic carbocycles. The number of amides is 1. The summed E-state index contributed by atoms with van der Waals surface area (Å²) in [5.41, 5.74) is 8.19. The first-order valence-electron chi connectivity index (χ1n) is 23.8. The second kappa shape index (κ2) is 32.0. The lowest BCUT2D eigenvalue weighted by Gasteiger charge is -2.49. The van der Waals surface area contributed by atoms with Crippen molar-refractivity contribution in [3.8, 4) is 0 Å². The van der Waals surface area contributed by atoms with E-state index in [0.717, 1.165) is 50.5 Å². The van der Waals surface area contributed by atoms with Gasteiger partial charge < -0.3 is 63.2 Å². The molecule has 0 spiro atoms. The van der Waals surface area contributed by atoms with Crippen LogP contribution in [0.2, 0.25) is 0 Å². The van der Waals surface area contributed by atoms with E-state index in [0.29, 0.717) is 39.0 Å². The lowest BCUT2D eigenvalue weighted by Crippen LogP contribution is -2.68. The number of rotatable bonds is 31. The molecule has 4 rings (SSSR count). The van der Waals surface area contributed by atoms with Gasteiger partial charge in [-0.3, -0.25) is 9.59 Å². The molecule has 10 unspecified atom stereocenters. The molecule has 0 saturated carbocycles. The van der Waals surface area contributed by atoms with Gasteiger partial charge in [-0.2, -0.15) is 0 Å². The van der Waals surface area contributed by atoms with E-state index in [1.807, 2.05) is 51.1 Å². The topological polar surface area (TPSA) is 208 Å². The van der Waals surface area contributed by atoms with Crippen molar-refractivity contribution in [1.29, 1.82) is 0 Å². The van der Waals surface area contributed by atoms with Crippen LogP contribution >= 0.6 is 11.6 Å². The molecule has 0 bridgehead atoms. The highest BCUT2D eigenvalue weighted by Crippen LogP contribution is 2.35. The average molecular weight is 966 g/mol. The Hall–Kier alpha value is -3.91. The van der Waals surface area contributed by atoms with E-state index in [-0.39, 0.29) is 38.6 Å². The number of unbranched alkanes of at least 4 members (excludes halogenated alkanes) is 6. The number of hydrogen-bond donors (Lipinski definition) is 2. The molecule has 0 aromatic heterocycles. The number of alkyl carbamates (subject to hydrolysis) is 1. The maximum absolute atomic E-state index is 13.9. The van der Waals surface area contributed by atoms with E-state index in [1.54, 1.807) is 30.3 Å². The van der Waals surface area contributed by atoms with Gasteiger partial charge in [-0.1, -0.05) is 101 Å². The average Bonchev–Trinajstić information content (AvgIpc) is 3.33. The molecule has 17 nitrogen and oxygen atoms in total. The fourth-order valence-corrected chi connectivity index (χ4v) is 7.46. The largest absolute Gasteiger partial charge is 0.463 e. The summed E-state index contributed by atoms with van der Waals surface area (Å²) in [6.45, 7) is 8.71. The molecule has 3 N–H and O–H groups in total. The Morgan fingerprint density at radius 2 is 1.19 bits per heavy atom. The Balaban J connectivity index is 1.57. The normalized spacial score (nSPS) is 24.9. The number of alkyl halides is 1. The predicted octanol–water partition coefficient (Wildman–Crippen LogP) is 6.78. The molecular weight excluding hydrogens is 892 g/mol. The van der Waals surface area contributed by atoms with E-state index >= 15 is 0 Å². The van der Waals surface area contributed by atoms with Gasteiger partial charge >= 0.3 is 24.0 Å². The van der Waals surface area contributed by atoms with E-state index in [2.05, 4.69) is 5.32 Å². The number of benzene rings is 2. The SMILES string of the molecule is CCCCOC1C(COC(C)=O)OC(OC2C(COC(=O)CCl)OC(OCCCCCCNC(=O)OCc3ccccc3)C(OC(=O)c3ccccc3)C2OCCCC)C(N)C1OCCCC. The maximum Gasteiger partial charge on any atom is 0.407 e. The number of carbonyl (C=O) groups excluding carboxylic acids is 4. The number of nitrogens with two attached hydrogens (primary N) is 1. The zero-order chi connectivity index (χ0) is 48.2. The van der Waals surface area contributed by atoms with Gasteiger partial charge in [0.05, 0.1) is 11.6 Å². The number of halogens is 1. The smallest absolute Gasteiger partial charge is 0.407 e. The summed E-state index contributed by atoms with van der Waals surface area (Å²) in [7, 11) is 0. The van der Waals surface area contributed by atoms with Gasteiger partial charge in [0.2, 0.25) is 0 Å². The Morgan fingerprint density at radius 3 is 1.84 bits per heavy atom. The van der Waals surface area contributed by atoms with Gasteiger partial charge in [0.25, 0.3) is 0 Å². The van der Waals surface area contributed by atoms with Crippen LogP contribution in [0.5, 0.6) is 0 Å². The van der Waals surface area contributed by atoms with Crippen LogP contribution in [0.4, 0.5) is 4.79 Å². The fourth-order valence-electron chi connectivity index (χ4n) is 7.39. The van der Waals surface area contributed by atoms with Gasteiger partial charge in [0, 0.05) is 39.9 Å². The Bertz CT molecular complexity index is 1700. The van der Waals surface area contributed by atoms with Crippen molar-refractivity contribution in [2.24, 2.45) is 5.73 Å². The number of ether oxygens (including phenoxy) is 11. The summed E-state index contributed by atoms with van der Waals surface area (Å²) >= 11 is 5.86. The molecule has 1 amide bonds. The van der Waals surface area contributed by atoms with Gasteiger partial charge in [-0.15, -0.1) is 11.6 Å². The van der Waals surface area contributed by atoms with E-state index in [1.165, 1.54) is 6.92 Å². The van der Waals surface area contributed by atoms with Crippen molar-refractivity contribution in [3.05, 3.63) is 71.8 Å². The first-order valence-corrected chi connectivity index (χ1v) is 24.4. The summed E-state index contributed by atoms with van der Waals surface area (Å²) in [4.78, 5) is 50.7. The second-order valence-corrected chi connectivity index (χ2v) is 16.7. The molecule has 0 aliphatic carbocycles. The second-order valence-electron chi connectivity index (χ2n) is 16.5. The Labute approximate surface area is 400 Å². The van der Waals surface area contributed by atoms with Crippen molar-refractivity contribution >= 4 is 35.6 Å². The van der Waals surface area contributed by atoms with Crippen LogP contribution in [0.25, 0.3) is 0 Å². The lowest BCUT2D eigenvalue weighted by molar-refractivity contribution is -0.352. The van der Waals surface area contributed by atoms with Crippen LogP contribution in [0.3, 0.4) is 0 Å². The maximum atomic E-state index is 13.9. The van der Waals surface area contributed by atoms with Gasteiger partial charge in [0.1, 0.15) is 62.3 Å². The molecule has 2 heterocycles. The quantitative estimate of drug-likeness (QED) is 0.0346. The summed E-state index contributed by atoms with van der Waals surface area (Å²) < 4.78 is 68.2. The minimum atomic E-state index is -1.24. The van der Waals surface area contributed by atoms with Gasteiger partial charge in [-0.05, 0) is 49.8 Å². The summed E-state index contributed by atoms with van der Waals surface area (Å²) in [5.74, 6) is -2.29. The molecule has 18 heteroatoms. The van der Waals surface area contributed by atoms with Crippen LogP contribution in [-0.2, 0) is 68.3 Å². The Morgan fingerprint density at radius 1 is 0.627 bits per heavy atom. The summed E-state index contributed by atoms with van der Waals surface area (Å²) in [6.07, 6.45) is -2.25. The minimum Gasteiger partial charge on any atom is -0.463 e. The van der Waals surface area contributed by atoms with Crippen molar-refractivity contribution in [2.45, 2.75) is 160 Å². The fraction of sp³-hybridized carbons (Fsp3) is 0.673. The number of carbonyl (C=O) groups is 4. The van der Waals surface area contributed by atoms with E-state index < -0.39 is 91.2 Å². The van der Waals surface area contributed by atoms with E-state index in [9.17, 15) is 19.2 Å². The highest BCUT2D eigenvalue weighted by Gasteiger charge is 2.54. The van der Waals surface area contributed by atoms with Crippen molar-refractivity contribution in [1.82, 2.24) is 5.32 Å². The van der Waals surface area contributed by atoms with Gasteiger partial charge in [0.15, 0.2) is 18.7 Å². The molecule has 2 saturated heterocycles. The molecule has 67 heavy (non-hydrogen) atoms. The van der Waals surface area contributed by atoms with Crippen LogP contribution in [0.1, 0.15) is 108 Å². The summed E-state index contributed by atoms with van der Waals surface area (Å²) in [5, 5.41) is 2.78. The zero-order valence-corrected chi connectivity index (χ0v) is 40.3. The highest BCUT2D eigenvalue weighted by atomic mass is 35.5. The van der Waals surface area contributed by atoms with Crippen LogP contribution in [0.15, 0.2) is 60.7 Å². The van der Waals surface area contributed by atoms with Crippen LogP contribution in [0, 0.1) is 0 Å². The molecule has 2 aliphatic rings. The van der Waals surface area contributed by atoms with Crippen LogP contribution < -0.4 is 11.1 Å². The monoisotopic (exact) mass is 964 g/mol. The molecule has 2 fully saturated rings. The number of hydrogen-bond acceptors (Lipinski definition) is 16.